The van der Waals surface area contributed by atoms with E-state index in [4.69, 9.17) is 27.1 Å². The van der Waals surface area contributed by atoms with Gasteiger partial charge in [-0.15, -0.1) is 0 Å². The zero-order valence-electron chi connectivity index (χ0n) is 17.3. The Kier molecular flexibility index (Phi) is 5.15. The molecule has 5 rings (SSSR count). The minimum atomic E-state index is -0.285. The number of benzene rings is 1. The maximum Gasteiger partial charge on any atom is 0.251 e. The standard InChI is InChI=1S/C21H24ClN7O2/c1-27-18(23)16-17(13-4-6-14(22)7-5-13)24-21(25-19(16)26-27)29-10-8-28(9-11-29)20(30)15-3-2-12-31-15/h4-7,15H,2-3,8-12,23H2,1H3. The molecular weight excluding hydrogens is 418 g/mol. The molecule has 162 valence electrons. The average Bonchev–Trinajstić information content (AvgIpc) is 3.42. The number of nitrogen functional groups attached to an aromatic ring is 1. The van der Waals surface area contributed by atoms with Crippen LogP contribution in [0.2, 0.25) is 5.02 Å². The summed E-state index contributed by atoms with van der Waals surface area (Å²) in [5.74, 6) is 1.19. The van der Waals surface area contributed by atoms with Crippen LogP contribution in [0, 0.1) is 0 Å². The van der Waals surface area contributed by atoms with Gasteiger partial charge in [0.05, 0.1) is 11.1 Å². The number of fused-ring (bicyclic) bond motifs is 1. The van der Waals surface area contributed by atoms with Gasteiger partial charge in [0.15, 0.2) is 5.65 Å². The van der Waals surface area contributed by atoms with Gasteiger partial charge in [0.2, 0.25) is 5.95 Å². The third-order valence-corrected chi connectivity index (χ3v) is 6.18. The van der Waals surface area contributed by atoms with Gasteiger partial charge < -0.3 is 20.3 Å². The molecule has 3 aromatic rings. The predicted octanol–water partition coefficient (Wildman–Crippen LogP) is 2.09. The van der Waals surface area contributed by atoms with Crippen LogP contribution in [0.4, 0.5) is 11.8 Å². The highest BCUT2D eigenvalue weighted by Gasteiger charge is 2.31. The summed E-state index contributed by atoms with van der Waals surface area (Å²) in [5, 5.41) is 5.85. The number of rotatable bonds is 3. The second kappa shape index (κ2) is 7.97. The Bertz CT molecular complexity index is 1120. The summed E-state index contributed by atoms with van der Waals surface area (Å²) in [5.41, 5.74) is 8.44. The molecule has 0 radical (unpaired) electrons. The molecule has 1 unspecified atom stereocenters. The summed E-state index contributed by atoms with van der Waals surface area (Å²) in [6, 6.07) is 7.48. The Morgan fingerprint density at radius 1 is 1.16 bits per heavy atom. The summed E-state index contributed by atoms with van der Waals surface area (Å²) in [6.45, 7) is 3.19. The van der Waals surface area contributed by atoms with Crippen molar-refractivity contribution < 1.29 is 9.53 Å². The van der Waals surface area contributed by atoms with E-state index in [-0.39, 0.29) is 12.0 Å². The molecule has 0 bridgehead atoms. The second-order valence-corrected chi connectivity index (χ2v) is 8.34. The van der Waals surface area contributed by atoms with Crippen LogP contribution >= 0.6 is 11.6 Å². The molecule has 2 aromatic heterocycles. The quantitative estimate of drug-likeness (QED) is 0.663. The van der Waals surface area contributed by atoms with Crippen molar-refractivity contribution in [1.29, 1.82) is 0 Å². The number of piperazine rings is 1. The van der Waals surface area contributed by atoms with Crippen LogP contribution < -0.4 is 10.6 Å². The fraction of sp³-hybridized carbons (Fsp3) is 0.429. The SMILES string of the molecule is Cn1nc2nc(N3CCN(C(=O)C4CCCO4)CC3)nc(-c3ccc(Cl)cc3)c2c1N. The number of nitrogens with two attached hydrogens (primary N) is 1. The number of anilines is 2. The average molecular weight is 442 g/mol. The van der Waals surface area contributed by atoms with E-state index in [0.29, 0.717) is 55.2 Å². The minimum absolute atomic E-state index is 0.0906. The maximum atomic E-state index is 12.6. The van der Waals surface area contributed by atoms with Crippen molar-refractivity contribution in [3.63, 3.8) is 0 Å². The van der Waals surface area contributed by atoms with Crippen molar-refractivity contribution in [2.24, 2.45) is 7.05 Å². The third kappa shape index (κ3) is 3.68. The highest BCUT2D eigenvalue weighted by atomic mass is 35.5. The third-order valence-electron chi connectivity index (χ3n) is 5.92. The number of amides is 1. The normalized spacial score (nSPS) is 19.4. The first kappa shape index (κ1) is 20.0. The summed E-state index contributed by atoms with van der Waals surface area (Å²) < 4.78 is 7.16. The topological polar surface area (TPSA) is 102 Å². The Morgan fingerprint density at radius 2 is 1.90 bits per heavy atom. The molecule has 9 nitrogen and oxygen atoms in total. The molecule has 2 fully saturated rings. The molecule has 1 aromatic carbocycles. The number of aromatic nitrogens is 4. The molecule has 0 spiro atoms. The lowest BCUT2D eigenvalue weighted by atomic mass is 10.1. The van der Waals surface area contributed by atoms with Crippen LogP contribution in [0.15, 0.2) is 24.3 Å². The van der Waals surface area contributed by atoms with Crippen molar-refractivity contribution in [1.82, 2.24) is 24.6 Å². The van der Waals surface area contributed by atoms with Gasteiger partial charge in [-0.25, -0.2) is 4.98 Å². The zero-order valence-corrected chi connectivity index (χ0v) is 18.0. The van der Waals surface area contributed by atoms with Crippen LogP contribution in [-0.2, 0) is 16.6 Å². The second-order valence-electron chi connectivity index (χ2n) is 7.90. The van der Waals surface area contributed by atoms with Gasteiger partial charge in [-0.2, -0.15) is 10.1 Å². The number of hydrogen-bond donors (Lipinski definition) is 1. The molecule has 2 saturated heterocycles. The molecule has 2 aliphatic heterocycles. The van der Waals surface area contributed by atoms with E-state index >= 15 is 0 Å². The first-order valence-corrected chi connectivity index (χ1v) is 10.8. The number of ether oxygens (including phenoxy) is 1. The molecule has 2 aliphatic rings. The fourth-order valence-corrected chi connectivity index (χ4v) is 4.29. The van der Waals surface area contributed by atoms with E-state index < -0.39 is 0 Å². The Hall–Kier alpha value is -2.91. The number of aryl methyl sites for hydroxylation is 1. The van der Waals surface area contributed by atoms with Gasteiger partial charge in [-0.05, 0) is 25.0 Å². The van der Waals surface area contributed by atoms with Gasteiger partial charge in [0.25, 0.3) is 5.91 Å². The fourth-order valence-electron chi connectivity index (χ4n) is 4.16. The van der Waals surface area contributed by atoms with Crippen LogP contribution in [0.5, 0.6) is 0 Å². The van der Waals surface area contributed by atoms with Gasteiger partial charge >= 0.3 is 0 Å². The van der Waals surface area contributed by atoms with Crippen LogP contribution in [0.3, 0.4) is 0 Å². The highest BCUT2D eigenvalue weighted by Crippen LogP contribution is 2.32. The number of carbonyl (C=O) groups excluding carboxylic acids is 1. The number of halogens is 1. The number of hydrogen-bond acceptors (Lipinski definition) is 7. The highest BCUT2D eigenvalue weighted by molar-refractivity contribution is 6.30. The first-order chi connectivity index (χ1) is 15.0. The minimum Gasteiger partial charge on any atom is -0.383 e. The van der Waals surface area contributed by atoms with Crippen molar-refractivity contribution >= 4 is 40.3 Å². The summed E-state index contributed by atoms with van der Waals surface area (Å²) in [4.78, 5) is 26.1. The monoisotopic (exact) mass is 441 g/mol. The van der Waals surface area contributed by atoms with E-state index in [0.717, 1.165) is 29.5 Å². The predicted molar refractivity (Wildman–Crippen MR) is 119 cm³/mol. The maximum absolute atomic E-state index is 12.6. The molecule has 2 N–H and O–H groups in total. The molecule has 4 heterocycles. The number of nitrogens with zero attached hydrogens (tertiary/aromatic N) is 6. The van der Waals surface area contributed by atoms with E-state index in [2.05, 4.69) is 15.0 Å². The van der Waals surface area contributed by atoms with E-state index in [1.807, 2.05) is 29.2 Å². The van der Waals surface area contributed by atoms with Crippen molar-refractivity contribution in [3.8, 4) is 11.3 Å². The molecule has 1 amide bonds. The van der Waals surface area contributed by atoms with E-state index in [9.17, 15) is 4.79 Å². The van der Waals surface area contributed by atoms with Gasteiger partial charge in [-0.1, -0.05) is 23.7 Å². The Balaban J connectivity index is 1.44. The van der Waals surface area contributed by atoms with Crippen LogP contribution in [0.1, 0.15) is 12.8 Å². The molecule has 0 saturated carbocycles. The summed E-state index contributed by atoms with van der Waals surface area (Å²) in [7, 11) is 1.79. The number of carbonyl (C=O) groups is 1. The molecule has 10 heteroatoms. The molecular formula is C21H24ClN7O2. The van der Waals surface area contributed by atoms with Gasteiger partial charge in [0.1, 0.15) is 11.9 Å². The van der Waals surface area contributed by atoms with Crippen LogP contribution in [-0.4, -0.2) is 69.4 Å². The lowest BCUT2D eigenvalue weighted by molar-refractivity contribution is -0.141. The molecule has 1 atom stereocenters. The summed E-state index contributed by atoms with van der Waals surface area (Å²) in [6.07, 6.45) is 1.47. The Morgan fingerprint density at radius 3 is 2.58 bits per heavy atom. The van der Waals surface area contributed by atoms with Crippen LogP contribution in [0.25, 0.3) is 22.3 Å². The summed E-state index contributed by atoms with van der Waals surface area (Å²) >= 11 is 6.07. The molecule has 31 heavy (non-hydrogen) atoms. The van der Waals surface area contributed by atoms with Crippen molar-refractivity contribution in [3.05, 3.63) is 29.3 Å². The van der Waals surface area contributed by atoms with Crippen molar-refractivity contribution in [2.75, 3.05) is 43.4 Å². The van der Waals surface area contributed by atoms with Gasteiger partial charge in [-0.3, -0.25) is 9.48 Å². The van der Waals surface area contributed by atoms with E-state index in [1.165, 1.54) is 0 Å². The lowest BCUT2D eigenvalue weighted by Gasteiger charge is -2.35. The smallest absolute Gasteiger partial charge is 0.251 e. The van der Waals surface area contributed by atoms with Gasteiger partial charge in [0, 0.05) is 50.4 Å². The zero-order chi connectivity index (χ0) is 21.5. The lowest BCUT2D eigenvalue weighted by Crippen LogP contribution is -2.51. The first-order valence-electron chi connectivity index (χ1n) is 10.4. The molecule has 0 aliphatic carbocycles. The van der Waals surface area contributed by atoms with Crippen molar-refractivity contribution in [2.45, 2.75) is 18.9 Å². The van der Waals surface area contributed by atoms with E-state index in [1.54, 1.807) is 11.7 Å². The largest absolute Gasteiger partial charge is 0.383 e. The Labute approximate surface area is 184 Å².